The van der Waals surface area contributed by atoms with Gasteiger partial charge in [-0.05, 0) is 53.6 Å². The molecule has 4 aromatic rings. The molecule has 0 aromatic heterocycles. The Bertz CT molecular complexity index is 2200. The summed E-state index contributed by atoms with van der Waals surface area (Å²) in [4.78, 5) is 54.2. The van der Waals surface area contributed by atoms with E-state index in [0.717, 1.165) is 12.4 Å². The molecule has 1 aliphatic heterocycles. The second kappa shape index (κ2) is 21.7. The number of amides is 3. The number of rotatable bonds is 20. The molecule has 1 saturated heterocycles. The molecular weight excluding hydrogens is 806 g/mol. The van der Waals surface area contributed by atoms with Crippen LogP contribution >= 0.6 is 0 Å². The molecule has 1 fully saturated rings. The molecular formula is C43H46F5N7O6. The van der Waals surface area contributed by atoms with E-state index in [-0.39, 0.29) is 89.1 Å². The number of hydrogen-bond donors (Lipinski definition) is 3. The Morgan fingerprint density at radius 1 is 0.885 bits per heavy atom. The number of hydrazone groups is 1. The number of anilines is 1. The van der Waals surface area contributed by atoms with Gasteiger partial charge in [0.1, 0.15) is 24.0 Å². The normalized spacial score (nSPS) is 13.2. The van der Waals surface area contributed by atoms with Crippen LogP contribution in [0.4, 0.5) is 27.6 Å². The van der Waals surface area contributed by atoms with E-state index < -0.39 is 29.3 Å². The first-order valence-corrected chi connectivity index (χ1v) is 19.3. The fraction of sp³-hybridized carbons (Fsp3) is 0.326. The van der Waals surface area contributed by atoms with Gasteiger partial charge in [-0.25, -0.2) is 8.78 Å². The second-order valence-corrected chi connectivity index (χ2v) is 14.0. The maximum absolute atomic E-state index is 15.0. The Labute approximate surface area is 349 Å². The van der Waals surface area contributed by atoms with Crippen molar-refractivity contribution in [3.05, 3.63) is 129 Å². The number of ether oxygens (including phenoxy) is 2. The maximum Gasteiger partial charge on any atom is 0.419 e. The first-order valence-electron chi connectivity index (χ1n) is 19.3. The highest BCUT2D eigenvalue weighted by Crippen LogP contribution is 2.32. The quantitative estimate of drug-likeness (QED) is 0.0287. The summed E-state index contributed by atoms with van der Waals surface area (Å²) >= 11 is 0. The number of nitrogen functional groups attached to an aromatic ring is 1. The summed E-state index contributed by atoms with van der Waals surface area (Å²) in [5.74, 6) is -2.53. The number of hydrogen-bond acceptors (Lipinski definition) is 10. The summed E-state index contributed by atoms with van der Waals surface area (Å²) in [5, 5.41) is 7.48. The lowest BCUT2D eigenvalue weighted by molar-refractivity contribution is -0.140. The van der Waals surface area contributed by atoms with Crippen LogP contribution in [0.15, 0.2) is 84.0 Å². The van der Waals surface area contributed by atoms with Crippen LogP contribution in [0.5, 0.6) is 5.75 Å². The highest BCUT2D eigenvalue weighted by Gasteiger charge is 2.34. The van der Waals surface area contributed by atoms with E-state index in [1.54, 1.807) is 55.6 Å². The number of alkyl halides is 3. The Morgan fingerprint density at radius 3 is 2.33 bits per heavy atom. The molecule has 0 bridgehead atoms. The van der Waals surface area contributed by atoms with E-state index in [1.807, 2.05) is 0 Å². The molecule has 0 unspecified atom stereocenters. The topological polar surface area (TPSA) is 159 Å². The molecule has 61 heavy (non-hydrogen) atoms. The van der Waals surface area contributed by atoms with Gasteiger partial charge in [-0.3, -0.25) is 19.2 Å². The summed E-state index contributed by atoms with van der Waals surface area (Å²) in [7, 11) is 1.62. The van der Waals surface area contributed by atoms with Crippen molar-refractivity contribution in [2.75, 3.05) is 71.8 Å². The van der Waals surface area contributed by atoms with Crippen molar-refractivity contribution >= 4 is 35.9 Å². The smallest absolute Gasteiger partial charge is 0.419 e. The van der Waals surface area contributed by atoms with Gasteiger partial charge < -0.3 is 40.6 Å². The molecule has 0 aliphatic carbocycles. The number of piperazine rings is 1. The van der Waals surface area contributed by atoms with Crippen LogP contribution in [-0.2, 0) is 40.1 Å². The third-order valence-corrected chi connectivity index (χ3v) is 9.76. The summed E-state index contributed by atoms with van der Waals surface area (Å²) in [6.07, 6.45) is -3.34. The van der Waals surface area contributed by atoms with Gasteiger partial charge in [0.25, 0.3) is 5.91 Å². The minimum Gasteiger partial charge on any atom is -0.489 e. The van der Waals surface area contributed by atoms with Gasteiger partial charge in [-0.1, -0.05) is 36.4 Å². The van der Waals surface area contributed by atoms with Gasteiger partial charge in [0, 0.05) is 81.7 Å². The van der Waals surface area contributed by atoms with Crippen molar-refractivity contribution in [3.8, 4) is 5.75 Å². The Morgan fingerprint density at radius 2 is 1.61 bits per heavy atom. The molecule has 4 aromatic carbocycles. The fourth-order valence-electron chi connectivity index (χ4n) is 6.57. The number of carbonyl (C=O) groups excluding carboxylic acids is 4. The summed E-state index contributed by atoms with van der Waals surface area (Å²) in [5.41, 5.74) is 10.6. The van der Waals surface area contributed by atoms with E-state index in [4.69, 9.17) is 15.2 Å². The molecule has 324 valence electrons. The zero-order valence-corrected chi connectivity index (χ0v) is 33.4. The SMILES string of the molecule is CN/N=C(/Cc1ccc(F)c(C(=O)N2CCN(C(=O)CN(C=O)CCOCCNCc3cc(N)ccc3OCc3ccc(F)c(C(F)(F)F)c3)CC2)c1)c1ccccc1C=O. The van der Waals surface area contributed by atoms with E-state index in [9.17, 15) is 36.7 Å². The van der Waals surface area contributed by atoms with Crippen molar-refractivity contribution in [1.29, 1.82) is 0 Å². The van der Waals surface area contributed by atoms with Crippen LogP contribution in [0.2, 0.25) is 0 Å². The molecule has 4 N–H and O–H groups in total. The van der Waals surface area contributed by atoms with Crippen LogP contribution in [0.3, 0.4) is 0 Å². The van der Waals surface area contributed by atoms with Crippen LogP contribution in [-0.4, -0.2) is 111 Å². The monoisotopic (exact) mass is 851 g/mol. The number of benzene rings is 4. The van der Waals surface area contributed by atoms with Crippen molar-refractivity contribution in [2.24, 2.45) is 5.10 Å². The van der Waals surface area contributed by atoms with Crippen molar-refractivity contribution < 1.29 is 50.6 Å². The second-order valence-electron chi connectivity index (χ2n) is 14.0. The Kier molecular flexibility index (Phi) is 16.3. The minimum absolute atomic E-state index is 0.122. The van der Waals surface area contributed by atoms with E-state index in [2.05, 4.69) is 15.8 Å². The molecule has 0 saturated carbocycles. The lowest BCUT2D eigenvalue weighted by Crippen LogP contribution is -2.52. The Balaban J connectivity index is 1.03. The highest BCUT2D eigenvalue weighted by molar-refractivity contribution is 6.07. The summed E-state index contributed by atoms with van der Waals surface area (Å²) < 4.78 is 79.4. The molecule has 0 atom stereocenters. The number of aldehydes is 1. The predicted molar refractivity (Wildman–Crippen MR) is 217 cm³/mol. The number of nitrogens with two attached hydrogens (primary N) is 1. The average Bonchev–Trinajstić information content (AvgIpc) is 3.25. The van der Waals surface area contributed by atoms with Crippen LogP contribution < -0.4 is 21.2 Å². The molecule has 3 amide bonds. The molecule has 5 rings (SSSR count). The van der Waals surface area contributed by atoms with Gasteiger partial charge in [0.05, 0.1) is 36.6 Å². The van der Waals surface area contributed by atoms with Crippen LogP contribution in [0.25, 0.3) is 0 Å². The van der Waals surface area contributed by atoms with Crippen molar-refractivity contribution in [3.63, 3.8) is 0 Å². The van der Waals surface area contributed by atoms with Crippen LogP contribution in [0, 0.1) is 11.6 Å². The first kappa shape index (κ1) is 45.7. The van der Waals surface area contributed by atoms with Crippen LogP contribution in [0.1, 0.15) is 48.5 Å². The molecule has 13 nitrogen and oxygen atoms in total. The van der Waals surface area contributed by atoms with E-state index in [0.29, 0.717) is 58.4 Å². The predicted octanol–water partition coefficient (Wildman–Crippen LogP) is 4.67. The maximum atomic E-state index is 15.0. The molecule has 0 spiro atoms. The molecule has 1 aliphatic rings. The zero-order chi connectivity index (χ0) is 43.9. The minimum atomic E-state index is -4.84. The lowest BCUT2D eigenvalue weighted by atomic mass is 9.97. The zero-order valence-electron chi connectivity index (χ0n) is 33.4. The van der Waals surface area contributed by atoms with Gasteiger partial charge in [0.2, 0.25) is 12.3 Å². The summed E-state index contributed by atoms with van der Waals surface area (Å²) in [6, 6.07) is 18.7. The Hall–Kier alpha value is -6.40. The van der Waals surface area contributed by atoms with Crippen molar-refractivity contribution in [1.82, 2.24) is 25.4 Å². The summed E-state index contributed by atoms with van der Waals surface area (Å²) in [6.45, 7) is 1.43. The van der Waals surface area contributed by atoms with Gasteiger partial charge in [-0.2, -0.15) is 18.3 Å². The van der Waals surface area contributed by atoms with Gasteiger partial charge in [0.15, 0.2) is 6.29 Å². The first-order chi connectivity index (χ1) is 29.3. The lowest BCUT2D eigenvalue weighted by Gasteiger charge is -2.35. The highest BCUT2D eigenvalue weighted by atomic mass is 19.4. The number of nitrogens with zero attached hydrogens (tertiary/aromatic N) is 4. The average molecular weight is 852 g/mol. The largest absolute Gasteiger partial charge is 0.489 e. The number of halogens is 5. The number of nitrogens with one attached hydrogen (secondary N) is 2. The van der Waals surface area contributed by atoms with Gasteiger partial charge in [-0.15, -0.1) is 0 Å². The molecule has 0 radical (unpaired) electrons. The standard InChI is InChI=1S/C43H46F5N7O6/c1-50-52-39(34-5-3-2-4-31(34)26-56)22-29-6-9-37(44)35(20-29)42(59)55-15-13-54(14-16-55)41(58)25-53(28-57)17-19-60-18-12-51-24-32-23-33(49)8-11-40(32)61-27-30-7-10-38(45)36(21-30)43(46,47)48/h2-11,20-21,23,26,28,50-51H,12-19,22,24-25,27,49H2,1H3/b52-39-. The fourth-order valence-corrected chi connectivity index (χ4v) is 6.57. The van der Waals surface area contributed by atoms with Crippen molar-refractivity contribution in [2.45, 2.75) is 25.7 Å². The molecule has 18 heteroatoms. The number of carbonyl (C=O) groups is 4. The third-order valence-electron chi connectivity index (χ3n) is 9.76. The van der Waals surface area contributed by atoms with E-state index in [1.165, 1.54) is 32.9 Å². The third kappa shape index (κ3) is 12.8. The molecule has 1 heterocycles. The van der Waals surface area contributed by atoms with E-state index >= 15 is 4.39 Å². The van der Waals surface area contributed by atoms with Gasteiger partial charge >= 0.3 is 6.18 Å².